The second-order valence-electron chi connectivity index (χ2n) is 4.61. The van der Waals surface area contributed by atoms with Crippen molar-refractivity contribution in [1.82, 2.24) is 5.32 Å². The van der Waals surface area contributed by atoms with Crippen LogP contribution in [0.4, 0.5) is 0 Å². The summed E-state index contributed by atoms with van der Waals surface area (Å²) in [5, 5.41) is 34.7. The van der Waals surface area contributed by atoms with Gasteiger partial charge < -0.3 is 30.1 Å². The van der Waals surface area contributed by atoms with Crippen LogP contribution in [-0.4, -0.2) is 71.6 Å². The van der Waals surface area contributed by atoms with Crippen molar-refractivity contribution in [2.24, 2.45) is 5.11 Å². The minimum atomic E-state index is -1.34. The minimum absolute atomic E-state index is 0.167. The monoisotopic (exact) mass is 304 g/mol. The summed E-state index contributed by atoms with van der Waals surface area (Å²) in [6.45, 7) is 1.17. The van der Waals surface area contributed by atoms with Crippen molar-refractivity contribution in [2.45, 2.75) is 44.0 Å². The summed E-state index contributed by atoms with van der Waals surface area (Å²) in [5.41, 5.74) is 8.14. The first-order valence-corrected chi connectivity index (χ1v) is 6.53. The van der Waals surface area contributed by atoms with Gasteiger partial charge in [0.05, 0.1) is 6.61 Å². The van der Waals surface area contributed by atoms with Gasteiger partial charge in [-0.2, -0.15) is 0 Å². The van der Waals surface area contributed by atoms with E-state index in [-0.39, 0.29) is 13.2 Å². The lowest BCUT2D eigenvalue weighted by molar-refractivity contribution is -0.270. The first kappa shape index (κ1) is 17.6. The SMILES string of the molecule is CC(=O)NC1[C@H](OCCCN=[N+]=[N-])OC(CO)[C@@H](O)[C@@H]1O. The van der Waals surface area contributed by atoms with Gasteiger partial charge in [-0.05, 0) is 12.0 Å². The predicted octanol–water partition coefficient (Wildman–Crippen LogP) is -1.35. The third-order valence-electron chi connectivity index (χ3n) is 3.00. The summed E-state index contributed by atoms with van der Waals surface area (Å²) in [6, 6.07) is -0.959. The highest BCUT2D eigenvalue weighted by molar-refractivity contribution is 5.73. The van der Waals surface area contributed by atoms with Crippen molar-refractivity contribution >= 4 is 5.91 Å². The number of nitrogens with zero attached hydrogens (tertiary/aromatic N) is 3. The fourth-order valence-corrected chi connectivity index (χ4v) is 1.99. The van der Waals surface area contributed by atoms with Gasteiger partial charge >= 0.3 is 0 Å². The number of azide groups is 1. The van der Waals surface area contributed by atoms with E-state index in [0.29, 0.717) is 6.42 Å². The molecule has 1 amide bonds. The predicted molar refractivity (Wildman–Crippen MR) is 69.9 cm³/mol. The van der Waals surface area contributed by atoms with Crippen molar-refractivity contribution in [3.63, 3.8) is 0 Å². The first-order valence-electron chi connectivity index (χ1n) is 6.53. The third kappa shape index (κ3) is 5.12. The largest absolute Gasteiger partial charge is 0.394 e. The van der Waals surface area contributed by atoms with Gasteiger partial charge in [0.2, 0.25) is 5.91 Å². The molecule has 10 heteroatoms. The van der Waals surface area contributed by atoms with Crippen molar-refractivity contribution < 1.29 is 29.6 Å². The zero-order valence-corrected chi connectivity index (χ0v) is 11.6. The number of carbonyl (C=O) groups excluding carboxylic acids is 1. The molecular weight excluding hydrogens is 284 g/mol. The van der Waals surface area contributed by atoms with E-state index >= 15 is 0 Å². The Morgan fingerprint density at radius 1 is 1.48 bits per heavy atom. The van der Waals surface area contributed by atoms with Crippen LogP contribution >= 0.6 is 0 Å². The highest BCUT2D eigenvalue weighted by Gasteiger charge is 2.45. The van der Waals surface area contributed by atoms with Crippen LogP contribution in [0, 0.1) is 0 Å². The van der Waals surface area contributed by atoms with E-state index < -0.39 is 43.2 Å². The first-order chi connectivity index (χ1) is 10.0. The molecule has 0 spiro atoms. The van der Waals surface area contributed by atoms with Crippen molar-refractivity contribution in [3.8, 4) is 0 Å². The van der Waals surface area contributed by atoms with Crippen LogP contribution in [0.25, 0.3) is 10.4 Å². The van der Waals surface area contributed by atoms with Crippen molar-refractivity contribution in [1.29, 1.82) is 0 Å². The molecule has 0 aromatic rings. The lowest BCUT2D eigenvalue weighted by Crippen LogP contribution is -2.64. The molecule has 0 radical (unpaired) electrons. The van der Waals surface area contributed by atoms with Gasteiger partial charge in [-0.15, -0.1) is 0 Å². The van der Waals surface area contributed by atoms with Crippen molar-refractivity contribution in [3.05, 3.63) is 10.4 Å². The van der Waals surface area contributed by atoms with Crippen LogP contribution in [0.3, 0.4) is 0 Å². The number of aliphatic hydroxyl groups excluding tert-OH is 3. The summed E-state index contributed by atoms with van der Waals surface area (Å²) >= 11 is 0. The molecule has 1 aliphatic rings. The molecule has 2 unspecified atom stereocenters. The molecular formula is C11H20N4O6. The molecule has 0 saturated carbocycles. The minimum Gasteiger partial charge on any atom is -0.394 e. The van der Waals surface area contributed by atoms with Crippen LogP contribution in [0.2, 0.25) is 0 Å². The Bertz CT molecular complexity index is 389. The zero-order chi connectivity index (χ0) is 15.8. The second-order valence-corrected chi connectivity index (χ2v) is 4.61. The normalized spacial score (nSPS) is 32.3. The molecule has 10 nitrogen and oxygen atoms in total. The van der Waals surface area contributed by atoms with Crippen LogP contribution in [-0.2, 0) is 14.3 Å². The summed E-state index contributed by atoms with van der Waals surface area (Å²) in [7, 11) is 0. The van der Waals surface area contributed by atoms with Crippen LogP contribution in [0.15, 0.2) is 5.11 Å². The van der Waals surface area contributed by atoms with E-state index in [2.05, 4.69) is 15.3 Å². The Morgan fingerprint density at radius 2 is 2.19 bits per heavy atom. The van der Waals surface area contributed by atoms with Gasteiger partial charge in [-0.25, -0.2) is 0 Å². The molecule has 1 aliphatic heterocycles. The van der Waals surface area contributed by atoms with E-state index in [4.69, 9.17) is 20.1 Å². The average molecular weight is 304 g/mol. The van der Waals surface area contributed by atoms with Crippen LogP contribution in [0.5, 0.6) is 0 Å². The molecule has 0 aromatic carbocycles. The molecule has 0 bridgehead atoms. The Kier molecular flexibility index (Phi) is 7.37. The number of hydrogen-bond donors (Lipinski definition) is 4. The van der Waals surface area contributed by atoms with Gasteiger partial charge in [0.25, 0.3) is 0 Å². The van der Waals surface area contributed by atoms with Gasteiger partial charge in [0, 0.05) is 25.0 Å². The molecule has 120 valence electrons. The summed E-state index contributed by atoms with van der Waals surface area (Å²) in [5.74, 6) is -0.417. The molecule has 1 rings (SSSR count). The molecule has 1 heterocycles. The maximum absolute atomic E-state index is 11.2. The Balaban J connectivity index is 2.64. The van der Waals surface area contributed by atoms with E-state index in [0.717, 1.165) is 0 Å². The molecule has 1 saturated heterocycles. The lowest BCUT2D eigenvalue weighted by atomic mass is 9.97. The third-order valence-corrected chi connectivity index (χ3v) is 3.00. The number of ether oxygens (including phenoxy) is 2. The summed E-state index contributed by atoms with van der Waals surface area (Å²) < 4.78 is 10.7. The van der Waals surface area contributed by atoms with Crippen molar-refractivity contribution in [2.75, 3.05) is 19.8 Å². The fraction of sp³-hybridized carbons (Fsp3) is 0.909. The Labute approximate surface area is 121 Å². The average Bonchev–Trinajstić information content (AvgIpc) is 2.45. The molecule has 5 atom stereocenters. The highest BCUT2D eigenvalue weighted by Crippen LogP contribution is 2.22. The number of hydrogen-bond acceptors (Lipinski definition) is 7. The van der Waals surface area contributed by atoms with E-state index in [1.807, 2.05) is 0 Å². The van der Waals surface area contributed by atoms with E-state index in [9.17, 15) is 15.0 Å². The summed E-state index contributed by atoms with van der Waals surface area (Å²) in [6.07, 6.45) is -4.27. The smallest absolute Gasteiger partial charge is 0.217 e. The van der Waals surface area contributed by atoms with Gasteiger partial charge in [-0.1, -0.05) is 5.11 Å². The second kappa shape index (κ2) is 8.78. The maximum Gasteiger partial charge on any atom is 0.217 e. The lowest BCUT2D eigenvalue weighted by Gasteiger charge is -2.42. The fourth-order valence-electron chi connectivity index (χ4n) is 1.99. The van der Waals surface area contributed by atoms with Gasteiger partial charge in [0.15, 0.2) is 6.29 Å². The molecule has 1 fully saturated rings. The summed E-state index contributed by atoms with van der Waals surface area (Å²) in [4.78, 5) is 13.8. The molecule has 0 aromatic heterocycles. The number of amides is 1. The highest BCUT2D eigenvalue weighted by atomic mass is 16.7. The van der Waals surface area contributed by atoms with Gasteiger partial charge in [-0.3, -0.25) is 4.79 Å². The topological polar surface area (TPSA) is 157 Å². The quantitative estimate of drug-likeness (QED) is 0.197. The van der Waals surface area contributed by atoms with E-state index in [1.54, 1.807) is 0 Å². The number of carbonyl (C=O) groups is 1. The number of rotatable bonds is 7. The standard InChI is InChI=1S/C11H20N4O6/c1-6(17)14-8-10(19)9(18)7(5-16)21-11(8)20-4-2-3-13-15-12/h7-11,16,18-19H,2-5H2,1H3,(H,14,17)/t7?,8?,9-,10-,11-/m1/s1. The Morgan fingerprint density at radius 3 is 2.76 bits per heavy atom. The molecule has 4 N–H and O–H groups in total. The Hall–Kier alpha value is -1.42. The zero-order valence-electron chi connectivity index (χ0n) is 11.6. The maximum atomic E-state index is 11.2. The van der Waals surface area contributed by atoms with Crippen LogP contribution < -0.4 is 5.32 Å². The molecule has 21 heavy (non-hydrogen) atoms. The van der Waals surface area contributed by atoms with Gasteiger partial charge in [0.1, 0.15) is 24.4 Å². The van der Waals surface area contributed by atoms with Crippen LogP contribution in [0.1, 0.15) is 13.3 Å². The number of nitrogens with one attached hydrogen (secondary N) is 1. The number of aliphatic hydroxyl groups is 3. The van der Waals surface area contributed by atoms with E-state index in [1.165, 1.54) is 6.92 Å². The molecule has 0 aliphatic carbocycles.